The Morgan fingerprint density at radius 1 is 1.26 bits per heavy atom. The van der Waals surface area contributed by atoms with Crippen molar-refractivity contribution >= 4 is 33.2 Å². The lowest BCUT2D eigenvalue weighted by atomic mass is 10.2. The monoisotopic (exact) mass is 378 g/mol. The molecule has 0 heterocycles. The van der Waals surface area contributed by atoms with Gasteiger partial charge in [-0.15, -0.1) is 0 Å². The number of nitrogens with one attached hydrogen (secondary N) is 1. The number of nitrogens with zero attached hydrogens (tertiary/aromatic N) is 1. The summed E-state index contributed by atoms with van der Waals surface area (Å²) in [6, 6.07) is 10.8. The zero-order valence-electron chi connectivity index (χ0n) is 12.6. The summed E-state index contributed by atoms with van der Waals surface area (Å²) < 4.78 is 6.25. The van der Waals surface area contributed by atoms with Crippen LogP contribution in [0.15, 0.2) is 46.9 Å². The first-order valence-corrected chi connectivity index (χ1v) is 7.68. The van der Waals surface area contributed by atoms with Crippen molar-refractivity contribution in [3.8, 4) is 5.75 Å². The molecule has 0 aliphatic heterocycles. The van der Waals surface area contributed by atoms with Gasteiger partial charge in [0.25, 0.3) is 11.6 Å². The van der Waals surface area contributed by atoms with E-state index in [1.54, 1.807) is 24.3 Å². The molecule has 0 unspecified atom stereocenters. The van der Waals surface area contributed by atoms with Gasteiger partial charge in [0, 0.05) is 23.4 Å². The van der Waals surface area contributed by atoms with Crippen molar-refractivity contribution < 1.29 is 14.5 Å². The summed E-state index contributed by atoms with van der Waals surface area (Å²) >= 11 is 3.37. The van der Waals surface area contributed by atoms with Crippen LogP contribution in [0.25, 0.3) is 0 Å². The number of amides is 1. The van der Waals surface area contributed by atoms with Crippen LogP contribution in [0.3, 0.4) is 0 Å². The fourth-order valence-corrected chi connectivity index (χ4v) is 2.36. The van der Waals surface area contributed by atoms with Crippen LogP contribution >= 0.6 is 15.9 Å². The highest BCUT2D eigenvalue weighted by molar-refractivity contribution is 9.10. The standard InChI is InChI=1S/C16H15BrN2O4/c1-10(2)23-15-7-6-11(8-14(15)17)16(20)18-12-4-3-5-13(9-12)19(21)22/h3-10H,1-2H3,(H,18,20). The highest BCUT2D eigenvalue weighted by Crippen LogP contribution is 2.27. The number of non-ortho nitro benzene ring substituents is 1. The van der Waals surface area contributed by atoms with Crippen molar-refractivity contribution in [1.29, 1.82) is 0 Å². The summed E-state index contributed by atoms with van der Waals surface area (Å²) in [6.45, 7) is 3.82. The highest BCUT2D eigenvalue weighted by atomic mass is 79.9. The van der Waals surface area contributed by atoms with E-state index in [0.29, 0.717) is 21.5 Å². The second kappa shape index (κ2) is 7.23. The van der Waals surface area contributed by atoms with E-state index in [-0.39, 0.29) is 17.7 Å². The number of hydrogen-bond acceptors (Lipinski definition) is 4. The molecule has 7 heteroatoms. The first kappa shape index (κ1) is 17.0. The number of benzene rings is 2. The minimum absolute atomic E-state index is 0.0239. The van der Waals surface area contributed by atoms with Gasteiger partial charge in [0.2, 0.25) is 0 Å². The summed E-state index contributed by atoms with van der Waals surface area (Å²) in [7, 11) is 0. The number of carbonyl (C=O) groups excluding carboxylic acids is 1. The predicted octanol–water partition coefficient (Wildman–Crippen LogP) is 4.40. The normalized spacial score (nSPS) is 10.4. The molecular weight excluding hydrogens is 364 g/mol. The molecule has 1 amide bonds. The maximum atomic E-state index is 12.2. The molecule has 0 aliphatic carbocycles. The zero-order valence-corrected chi connectivity index (χ0v) is 14.2. The van der Waals surface area contributed by atoms with Crippen LogP contribution in [0.4, 0.5) is 11.4 Å². The maximum Gasteiger partial charge on any atom is 0.271 e. The van der Waals surface area contributed by atoms with Gasteiger partial charge in [0.15, 0.2) is 0 Å². The minimum atomic E-state index is -0.510. The molecule has 120 valence electrons. The van der Waals surface area contributed by atoms with Gasteiger partial charge in [-0.25, -0.2) is 0 Å². The van der Waals surface area contributed by atoms with Crippen molar-refractivity contribution in [2.24, 2.45) is 0 Å². The molecule has 2 rings (SSSR count). The molecule has 0 saturated carbocycles. The number of ether oxygens (including phenoxy) is 1. The van der Waals surface area contributed by atoms with Crippen LogP contribution in [-0.2, 0) is 0 Å². The molecule has 0 fully saturated rings. The van der Waals surface area contributed by atoms with Crippen molar-refractivity contribution in [2.45, 2.75) is 20.0 Å². The van der Waals surface area contributed by atoms with Crippen LogP contribution in [-0.4, -0.2) is 16.9 Å². The SMILES string of the molecule is CC(C)Oc1ccc(C(=O)Nc2cccc([N+](=O)[O-])c2)cc1Br. The number of anilines is 1. The summed E-state index contributed by atoms with van der Waals surface area (Å²) in [5.74, 6) is 0.286. The van der Waals surface area contributed by atoms with E-state index in [2.05, 4.69) is 21.2 Å². The van der Waals surface area contributed by atoms with Crippen molar-refractivity contribution in [1.82, 2.24) is 0 Å². The Morgan fingerprint density at radius 3 is 2.61 bits per heavy atom. The quantitative estimate of drug-likeness (QED) is 0.617. The van der Waals surface area contributed by atoms with Crippen LogP contribution in [0.5, 0.6) is 5.75 Å². The van der Waals surface area contributed by atoms with Crippen molar-refractivity contribution in [3.63, 3.8) is 0 Å². The van der Waals surface area contributed by atoms with Crippen LogP contribution < -0.4 is 10.1 Å². The molecule has 2 aromatic carbocycles. The van der Waals surface area contributed by atoms with E-state index in [9.17, 15) is 14.9 Å². The number of rotatable bonds is 5. The Balaban J connectivity index is 2.16. The van der Waals surface area contributed by atoms with Crippen molar-refractivity contribution in [2.75, 3.05) is 5.32 Å². The highest BCUT2D eigenvalue weighted by Gasteiger charge is 2.12. The average Bonchev–Trinajstić information content (AvgIpc) is 2.49. The molecule has 0 spiro atoms. The predicted molar refractivity (Wildman–Crippen MR) is 91.0 cm³/mol. The summed E-state index contributed by atoms with van der Waals surface area (Å²) in [6.07, 6.45) is 0.0239. The molecule has 1 N–H and O–H groups in total. The molecule has 0 aromatic heterocycles. The van der Waals surface area contributed by atoms with E-state index in [1.807, 2.05) is 13.8 Å². The van der Waals surface area contributed by atoms with E-state index >= 15 is 0 Å². The maximum absolute atomic E-state index is 12.2. The van der Waals surface area contributed by atoms with Crippen LogP contribution in [0.1, 0.15) is 24.2 Å². The lowest BCUT2D eigenvalue weighted by molar-refractivity contribution is -0.384. The molecule has 2 aromatic rings. The Morgan fingerprint density at radius 2 is 2.00 bits per heavy atom. The fraction of sp³-hybridized carbons (Fsp3) is 0.188. The van der Waals surface area contributed by atoms with E-state index < -0.39 is 4.92 Å². The summed E-state index contributed by atoms with van der Waals surface area (Å²) in [4.78, 5) is 22.5. The molecule has 23 heavy (non-hydrogen) atoms. The second-order valence-electron chi connectivity index (χ2n) is 5.07. The third-order valence-electron chi connectivity index (χ3n) is 2.87. The third-order valence-corrected chi connectivity index (χ3v) is 3.49. The number of carbonyl (C=O) groups is 1. The lowest BCUT2D eigenvalue weighted by Gasteiger charge is -2.12. The van der Waals surface area contributed by atoms with E-state index in [4.69, 9.17) is 4.74 Å². The summed E-state index contributed by atoms with van der Waals surface area (Å²) in [5.41, 5.74) is 0.701. The van der Waals surface area contributed by atoms with Gasteiger partial charge >= 0.3 is 0 Å². The molecular formula is C16H15BrN2O4. The smallest absolute Gasteiger partial charge is 0.271 e. The van der Waals surface area contributed by atoms with Crippen molar-refractivity contribution in [3.05, 3.63) is 62.6 Å². The number of nitro benzene ring substituents is 1. The van der Waals surface area contributed by atoms with Gasteiger partial charge in [0.05, 0.1) is 15.5 Å². The van der Waals surface area contributed by atoms with E-state index in [0.717, 1.165) is 0 Å². The largest absolute Gasteiger partial charge is 0.490 e. The number of halogens is 1. The summed E-state index contributed by atoms with van der Waals surface area (Å²) in [5, 5.41) is 13.4. The van der Waals surface area contributed by atoms with E-state index in [1.165, 1.54) is 18.2 Å². The Labute approximate surface area is 141 Å². The van der Waals surface area contributed by atoms with Gasteiger partial charge in [-0.2, -0.15) is 0 Å². The molecule has 0 bridgehead atoms. The van der Waals surface area contributed by atoms with Crippen LogP contribution in [0.2, 0.25) is 0 Å². The first-order chi connectivity index (χ1) is 10.9. The lowest BCUT2D eigenvalue weighted by Crippen LogP contribution is -2.12. The van der Waals surface area contributed by atoms with Gasteiger partial charge in [-0.3, -0.25) is 14.9 Å². The fourth-order valence-electron chi connectivity index (χ4n) is 1.89. The minimum Gasteiger partial charge on any atom is -0.490 e. The van der Waals surface area contributed by atoms with Gasteiger partial charge in [-0.1, -0.05) is 6.07 Å². The van der Waals surface area contributed by atoms with Crippen LogP contribution in [0, 0.1) is 10.1 Å². The molecule has 0 atom stereocenters. The van der Waals surface area contributed by atoms with Gasteiger partial charge in [-0.05, 0) is 54.0 Å². The molecule has 0 saturated heterocycles. The number of nitro groups is 1. The average molecular weight is 379 g/mol. The first-order valence-electron chi connectivity index (χ1n) is 6.89. The zero-order chi connectivity index (χ0) is 17.0. The Hall–Kier alpha value is -2.41. The number of hydrogen-bond donors (Lipinski definition) is 1. The Kier molecular flexibility index (Phi) is 5.33. The molecule has 0 radical (unpaired) electrons. The molecule has 6 nitrogen and oxygen atoms in total. The third kappa shape index (κ3) is 4.53. The van der Waals surface area contributed by atoms with Gasteiger partial charge in [0.1, 0.15) is 5.75 Å². The van der Waals surface area contributed by atoms with Gasteiger partial charge < -0.3 is 10.1 Å². The topological polar surface area (TPSA) is 81.5 Å². The Bertz CT molecular complexity index is 747. The second-order valence-corrected chi connectivity index (χ2v) is 5.93. The molecule has 0 aliphatic rings.